The Balaban J connectivity index is 1.62. The van der Waals surface area contributed by atoms with E-state index in [0.717, 1.165) is 35.8 Å². The minimum absolute atomic E-state index is 0.368. The Hall–Kier alpha value is -1.88. The maximum Gasteiger partial charge on any atom is 0.349 e. The molecule has 2 aromatic rings. The molecule has 0 radical (unpaired) electrons. The zero-order valence-corrected chi connectivity index (χ0v) is 13.6. The van der Waals surface area contributed by atoms with Gasteiger partial charge in [0.05, 0.1) is 18.8 Å². The van der Waals surface area contributed by atoms with E-state index in [-0.39, 0.29) is 0 Å². The Bertz CT molecular complexity index is 755. The molecule has 4 rings (SSSR count). The number of ether oxygens (including phenoxy) is 2. The fourth-order valence-electron chi connectivity index (χ4n) is 2.49. The van der Waals surface area contributed by atoms with E-state index in [0.29, 0.717) is 35.5 Å². The van der Waals surface area contributed by atoms with Crippen LogP contribution in [0.4, 0.5) is 0 Å². The Morgan fingerprint density at radius 3 is 2.22 bits per heavy atom. The Kier molecular flexibility index (Phi) is 3.81. The Labute approximate surface area is 138 Å². The van der Waals surface area contributed by atoms with Crippen molar-refractivity contribution in [2.24, 2.45) is 11.8 Å². The van der Waals surface area contributed by atoms with Crippen LogP contribution in [0.2, 0.25) is 0 Å². The van der Waals surface area contributed by atoms with Gasteiger partial charge >= 0.3 is 11.9 Å². The molecule has 120 valence electrons. The third-order valence-corrected chi connectivity index (χ3v) is 5.43. The topological polar surface area (TPSA) is 52.6 Å². The first-order valence-corrected chi connectivity index (χ1v) is 8.90. The second kappa shape index (κ2) is 5.96. The average Bonchev–Trinajstić information content (AvgIpc) is 3.47. The van der Waals surface area contributed by atoms with Crippen molar-refractivity contribution in [2.75, 3.05) is 13.2 Å². The number of esters is 2. The zero-order valence-electron chi connectivity index (χ0n) is 12.7. The van der Waals surface area contributed by atoms with Crippen LogP contribution in [-0.2, 0) is 9.47 Å². The molecule has 1 heterocycles. The largest absolute Gasteiger partial charge is 0.462 e. The molecule has 2 aliphatic carbocycles. The molecule has 2 aliphatic rings. The lowest BCUT2D eigenvalue weighted by Crippen LogP contribution is -2.13. The molecule has 0 atom stereocenters. The van der Waals surface area contributed by atoms with Gasteiger partial charge in [0.25, 0.3) is 0 Å². The van der Waals surface area contributed by atoms with E-state index >= 15 is 0 Å². The van der Waals surface area contributed by atoms with Gasteiger partial charge in [-0.1, -0.05) is 18.2 Å². The summed E-state index contributed by atoms with van der Waals surface area (Å²) in [7, 11) is 0. The van der Waals surface area contributed by atoms with Gasteiger partial charge in [-0.3, -0.25) is 0 Å². The highest BCUT2D eigenvalue weighted by Crippen LogP contribution is 2.35. The molecular weight excluding hydrogens is 312 g/mol. The van der Waals surface area contributed by atoms with Crippen LogP contribution in [0.1, 0.15) is 45.7 Å². The van der Waals surface area contributed by atoms with Crippen molar-refractivity contribution in [1.82, 2.24) is 0 Å². The van der Waals surface area contributed by atoms with E-state index in [2.05, 4.69) is 0 Å². The van der Waals surface area contributed by atoms with Gasteiger partial charge in [0.1, 0.15) is 4.88 Å². The van der Waals surface area contributed by atoms with Gasteiger partial charge in [-0.15, -0.1) is 11.3 Å². The number of benzene rings is 1. The number of carbonyl (C=O) groups is 2. The summed E-state index contributed by atoms with van der Waals surface area (Å²) in [4.78, 5) is 25.3. The number of thiophene rings is 1. The fraction of sp³-hybridized carbons (Fsp3) is 0.444. The quantitative estimate of drug-likeness (QED) is 0.750. The van der Waals surface area contributed by atoms with Crippen molar-refractivity contribution in [3.63, 3.8) is 0 Å². The lowest BCUT2D eigenvalue weighted by atomic mass is 10.1. The number of hydrogen-bond donors (Lipinski definition) is 0. The van der Waals surface area contributed by atoms with Crippen molar-refractivity contribution < 1.29 is 19.1 Å². The number of hydrogen-bond acceptors (Lipinski definition) is 5. The van der Waals surface area contributed by atoms with Crippen molar-refractivity contribution >= 4 is 33.4 Å². The Morgan fingerprint density at radius 2 is 1.57 bits per heavy atom. The zero-order chi connectivity index (χ0) is 15.8. The molecule has 0 bridgehead atoms. The van der Waals surface area contributed by atoms with E-state index in [1.165, 1.54) is 11.3 Å². The van der Waals surface area contributed by atoms with Crippen LogP contribution in [0.5, 0.6) is 0 Å². The van der Waals surface area contributed by atoms with Crippen LogP contribution in [0.25, 0.3) is 10.1 Å². The highest BCUT2D eigenvalue weighted by atomic mass is 32.1. The highest BCUT2D eigenvalue weighted by molar-refractivity contribution is 7.21. The normalized spacial score (nSPS) is 17.2. The predicted octanol–water partition coefficient (Wildman–Crippen LogP) is 4.03. The second-order valence-electron chi connectivity index (χ2n) is 6.39. The van der Waals surface area contributed by atoms with Crippen molar-refractivity contribution in [3.8, 4) is 0 Å². The van der Waals surface area contributed by atoms with Crippen molar-refractivity contribution in [1.29, 1.82) is 0 Å². The fourth-order valence-corrected chi connectivity index (χ4v) is 3.57. The third-order valence-electron chi connectivity index (χ3n) is 4.28. The molecule has 4 nitrogen and oxygen atoms in total. The maximum atomic E-state index is 12.5. The van der Waals surface area contributed by atoms with E-state index in [4.69, 9.17) is 9.47 Å². The molecule has 2 fully saturated rings. The highest BCUT2D eigenvalue weighted by Gasteiger charge is 2.30. The number of fused-ring (bicyclic) bond motifs is 1. The van der Waals surface area contributed by atoms with Crippen LogP contribution in [-0.4, -0.2) is 25.2 Å². The van der Waals surface area contributed by atoms with Gasteiger partial charge in [0, 0.05) is 10.1 Å². The van der Waals surface area contributed by atoms with Gasteiger partial charge in [0.15, 0.2) is 0 Å². The molecule has 1 aromatic carbocycles. The molecule has 2 saturated carbocycles. The summed E-state index contributed by atoms with van der Waals surface area (Å²) in [6, 6.07) is 7.54. The molecule has 23 heavy (non-hydrogen) atoms. The van der Waals surface area contributed by atoms with E-state index in [1.807, 2.05) is 24.3 Å². The van der Waals surface area contributed by atoms with Gasteiger partial charge in [-0.2, -0.15) is 0 Å². The molecular formula is C18H18O4S. The summed E-state index contributed by atoms with van der Waals surface area (Å²) in [5.74, 6) is 0.178. The average molecular weight is 330 g/mol. The summed E-state index contributed by atoms with van der Waals surface area (Å²) in [6.07, 6.45) is 4.48. The van der Waals surface area contributed by atoms with Gasteiger partial charge in [0.2, 0.25) is 0 Å². The molecule has 0 saturated heterocycles. The van der Waals surface area contributed by atoms with Gasteiger partial charge in [-0.25, -0.2) is 9.59 Å². The first-order chi connectivity index (χ1) is 11.2. The summed E-state index contributed by atoms with van der Waals surface area (Å²) in [5.41, 5.74) is 0.368. The molecule has 0 spiro atoms. The molecule has 0 unspecified atom stereocenters. The minimum Gasteiger partial charge on any atom is -0.462 e. The first kappa shape index (κ1) is 14.7. The summed E-state index contributed by atoms with van der Waals surface area (Å²) in [6.45, 7) is 0.892. The monoisotopic (exact) mass is 330 g/mol. The minimum atomic E-state index is -0.410. The van der Waals surface area contributed by atoms with Crippen LogP contribution in [0, 0.1) is 11.8 Å². The lowest BCUT2D eigenvalue weighted by Gasteiger charge is -2.06. The predicted molar refractivity (Wildman–Crippen MR) is 87.8 cm³/mol. The van der Waals surface area contributed by atoms with Crippen molar-refractivity contribution in [2.45, 2.75) is 25.7 Å². The summed E-state index contributed by atoms with van der Waals surface area (Å²) < 4.78 is 11.7. The second-order valence-corrected chi connectivity index (χ2v) is 7.44. The SMILES string of the molecule is O=C(OCC1CC1)c1sc2ccccc2c1C(=O)OCC1CC1. The van der Waals surface area contributed by atoms with Crippen LogP contribution in [0.3, 0.4) is 0 Å². The van der Waals surface area contributed by atoms with E-state index in [1.54, 1.807) is 0 Å². The molecule has 5 heteroatoms. The maximum absolute atomic E-state index is 12.5. The smallest absolute Gasteiger partial charge is 0.349 e. The van der Waals surface area contributed by atoms with Gasteiger partial charge in [-0.05, 0) is 43.6 Å². The third kappa shape index (κ3) is 3.24. The molecule has 0 N–H and O–H groups in total. The number of carbonyl (C=O) groups excluding carboxylic acids is 2. The summed E-state index contributed by atoms with van der Waals surface area (Å²) in [5, 5.41) is 0.775. The van der Waals surface area contributed by atoms with Crippen LogP contribution in [0.15, 0.2) is 24.3 Å². The van der Waals surface area contributed by atoms with E-state index < -0.39 is 11.9 Å². The molecule has 1 aromatic heterocycles. The Morgan fingerprint density at radius 1 is 0.957 bits per heavy atom. The van der Waals surface area contributed by atoms with Crippen molar-refractivity contribution in [3.05, 3.63) is 34.7 Å². The van der Waals surface area contributed by atoms with E-state index in [9.17, 15) is 9.59 Å². The standard InChI is InChI=1S/C18H18O4S/c19-17(21-9-11-5-6-11)15-13-3-1-2-4-14(13)23-16(15)18(20)22-10-12-7-8-12/h1-4,11-12H,5-10H2. The molecule has 0 aliphatic heterocycles. The summed E-state index contributed by atoms with van der Waals surface area (Å²) >= 11 is 1.31. The lowest BCUT2D eigenvalue weighted by molar-refractivity contribution is 0.0446. The van der Waals surface area contributed by atoms with Crippen LogP contribution < -0.4 is 0 Å². The number of rotatable bonds is 6. The first-order valence-electron chi connectivity index (χ1n) is 8.08. The van der Waals surface area contributed by atoms with Gasteiger partial charge < -0.3 is 9.47 Å². The van der Waals surface area contributed by atoms with Crippen LogP contribution >= 0.6 is 11.3 Å². The molecule has 0 amide bonds.